The van der Waals surface area contributed by atoms with Gasteiger partial charge in [-0.05, 0) is 184 Å². The molecule has 0 aliphatic heterocycles. The molecule has 0 N–H and O–H groups in total. The Bertz CT molecular complexity index is 4470. The molecule has 404 valence electrons. The molecule has 2 nitrogen and oxygen atoms in total. The Morgan fingerprint density at radius 3 is 0.814 bits per heavy atom. The fourth-order valence-corrected chi connectivity index (χ4v) is 14.3. The molecule has 2 aliphatic carbocycles. The highest BCUT2D eigenvalue weighted by Crippen LogP contribution is 2.60. The van der Waals surface area contributed by atoms with E-state index in [-0.39, 0.29) is 0 Å². The predicted octanol–water partition coefficient (Wildman–Crippen LogP) is 21.8. The van der Waals surface area contributed by atoms with Crippen LogP contribution in [0.2, 0.25) is 0 Å². The largest absolute Gasteiger partial charge is 0.310 e. The van der Waals surface area contributed by atoms with E-state index in [1.807, 2.05) is 0 Å². The predicted molar refractivity (Wildman–Crippen MR) is 361 cm³/mol. The van der Waals surface area contributed by atoms with Crippen LogP contribution in [0.25, 0.3) is 56.0 Å². The molecule has 0 heterocycles. The van der Waals surface area contributed by atoms with E-state index in [0.717, 1.165) is 45.3 Å². The molecule has 0 saturated heterocycles. The Morgan fingerprint density at radius 1 is 0.198 bits per heavy atom. The number of hydrogen-bond acceptors (Lipinski definition) is 2. The maximum atomic E-state index is 2.47. The molecule has 16 rings (SSSR count). The van der Waals surface area contributed by atoms with Crippen LogP contribution in [0, 0.1) is 0 Å². The normalized spacial score (nSPS) is 13.3. The van der Waals surface area contributed by atoms with Crippen LogP contribution in [0.1, 0.15) is 55.6 Å². The summed E-state index contributed by atoms with van der Waals surface area (Å²) >= 11 is 0. The summed E-state index contributed by atoms with van der Waals surface area (Å²) in [6.45, 7) is 0. The average Bonchev–Trinajstić information content (AvgIpc) is 1.96. The Morgan fingerprint density at radius 2 is 0.465 bits per heavy atom. The third-order valence-corrected chi connectivity index (χ3v) is 18.1. The Kier molecular flexibility index (Phi) is 12.4. The molecule has 0 bridgehead atoms. The molecular weight excluding hydrogens is 1040 g/mol. The SMILES string of the molecule is C(=C\c1ccc2c(c1)C(c1ccccc1)(c1ccccc1)c1cc(N(c3ccccc3)c3ccc4ccccc4c3)ccc1-2)/c1ccc2c(c1)C(c1ccccc1)(c1ccccc1)c1cc(N(c3ccccc3)c3ccc4ccccc4c3)ccc1-2. The number of nitrogens with zero attached hydrogens (tertiary/aromatic N) is 2. The molecule has 0 fully saturated rings. The lowest BCUT2D eigenvalue weighted by Crippen LogP contribution is -2.29. The van der Waals surface area contributed by atoms with Crippen LogP contribution in [0.4, 0.5) is 34.1 Å². The van der Waals surface area contributed by atoms with E-state index in [4.69, 9.17) is 0 Å². The highest BCUT2D eigenvalue weighted by Gasteiger charge is 2.48. The lowest BCUT2D eigenvalue weighted by Gasteiger charge is -2.35. The van der Waals surface area contributed by atoms with E-state index in [2.05, 4.69) is 362 Å². The van der Waals surface area contributed by atoms with Gasteiger partial charge in [0, 0.05) is 34.1 Å². The van der Waals surface area contributed by atoms with Gasteiger partial charge in [0.05, 0.1) is 10.8 Å². The van der Waals surface area contributed by atoms with Crippen molar-refractivity contribution < 1.29 is 0 Å². The van der Waals surface area contributed by atoms with Gasteiger partial charge in [0.2, 0.25) is 0 Å². The number of benzene rings is 14. The van der Waals surface area contributed by atoms with E-state index in [1.54, 1.807) is 0 Å². The van der Waals surface area contributed by atoms with Crippen molar-refractivity contribution in [2.45, 2.75) is 10.8 Å². The van der Waals surface area contributed by atoms with Crippen LogP contribution in [-0.2, 0) is 10.8 Å². The number of anilines is 6. The standard InChI is InChI=1S/C84H58N2/c1-7-27-65(28-8-1)83(66-29-9-2-10-30-66)79-53-59(41-49-75(79)77-51-47-73(57-81(77)83)85(69-35-15-5-16-36-69)71-45-43-61-23-19-21-25-63(61)55-71)39-40-60-42-50-76-78-52-48-74(86(70-37-17-6-18-38-70)72-46-44-62-24-20-22-26-64(62)56-72)58-82(78)84(80(76)54-60,67-31-11-3-12-32-67)68-33-13-4-14-34-68/h1-58H/b40-39+. The summed E-state index contributed by atoms with van der Waals surface area (Å²) < 4.78 is 0. The van der Waals surface area contributed by atoms with Gasteiger partial charge in [0.25, 0.3) is 0 Å². The first kappa shape index (κ1) is 50.6. The average molecular weight is 1100 g/mol. The third kappa shape index (κ3) is 8.25. The van der Waals surface area contributed by atoms with Gasteiger partial charge in [-0.3, -0.25) is 0 Å². The van der Waals surface area contributed by atoms with Gasteiger partial charge in [0.15, 0.2) is 0 Å². The number of hydrogen-bond donors (Lipinski definition) is 0. The Hall–Kier alpha value is -11.1. The van der Waals surface area contributed by atoms with Crippen LogP contribution in [-0.4, -0.2) is 0 Å². The fraction of sp³-hybridized carbons (Fsp3) is 0.0238. The number of fused-ring (bicyclic) bond motifs is 8. The minimum absolute atomic E-state index is 0.633. The van der Waals surface area contributed by atoms with Gasteiger partial charge in [-0.25, -0.2) is 0 Å². The molecule has 0 aromatic heterocycles. The zero-order valence-corrected chi connectivity index (χ0v) is 47.4. The topological polar surface area (TPSA) is 6.48 Å². The molecule has 86 heavy (non-hydrogen) atoms. The molecule has 0 saturated carbocycles. The van der Waals surface area contributed by atoms with Crippen molar-refractivity contribution in [1.82, 2.24) is 0 Å². The minimum Gasteiger partial charge on any atom is -0.310 e. The molecule has 14 aromatic carbocycles. The summed E-state index contributed by atoms with van der Waals surface area (Å²) in [5.74, 6) is 0. The molecule has 0 radical (unpaired) electrons. The molecule has 0 spiro atoms. The van der Waals surface area contributed by atoms with Crippen molar-refractivity contribution in [3.05, 3.63) is 395 Å². The maximum Gasteiger partial charge on any atom is 0.0714 e. The van der Waals surface area contributed by atoms with E-state index in [1.165, 1.54) is 88.3 Å². The molecule has 0 amide bonds. The van der Waals surface area contributed by atoms with Crippen molar-refractivity contribution in [2.75, 3.05) is 9.80 Å². The van der Waals surface area contributed by atoms with Crippen molar-refractivity contribution in [3.8, 4) is 22.3 Å². The Balaban J connectivity index is 0.842. The summed E-state index contributed by atoms with van der Waals surface area (Å²) in [6, 6.07) is 126. The molecule has 0 unspecified atom stereocenters. The zero-order chi connectivity index (χ0) is 57.0. The van der Waals surface area contributed by atoms with Crippen LogP contribution < -0.4 is 9.80 Å². The first-order valence-electron chi connectivity index (χ1n) is 29.8. The molecular formula is C84H58N2. The summed E-state index contributed by atoms with van der Waals surface area (Å²) in [5, 5.41) is 4.85. The number of rotatable bonds is 12. The monoisotopic (exact) mass is 1090 g/mol. The van der Waals surface area contributed by atoms with E-state index >= 15 is 0 Å². The second-order valence-electron chi connectivity index (χ2n) is 22.8. The zero-order valence-electron chi connectivity index (χ0n) is 47.4. The Labute approximate surface area is 503 Å². The van der Waals surface area contributed by atoms with Gasteiger partial charge < -0.3 is 9.80 Å². The van der Waals surface area contributed by atoms with Gasteiger partial charge in [-0.2, -0.15) is 0 Å². The quantitative estimate of drug-likeness (QED) is 0.113. The number of para-hydroxylation sites is 2. The van der Waals surface area contributed by atoms with Gasteiger partial charge in [-0.15, -0.1) is 0 Å². The molecule has 2 aliphatic rings. The first-order chi connectivity index (χ1) is 42.6. The molecule has 14 aromatic rings. The minimum atomic E-state index is -0.633. The lowest BCUT2D eigenvalue weighted by molar-refractivity contribution is 0.768. The highest BCUT2D eigenvalue weighted by atomic mass is 15.1. The van der Waals surface area contributed by atoms with Gasteiger partial charge >= 0.3 is 0 Å². The smallest absolute Gasteiger partial charge is 0.0714 e. The first-order valence-corrected chi connectivity index (χ1v) is 29.8. The van der Waals surface area contributed by atoms with E-state index in [0.29, 0.717) is 0 Å². The van der Waals surface area contributed by atoms with Crippen molar-refractivity contribution in [2.24, 2.45) is 0 Å². The van der Waals surface area contributed by atoms with Crippen molar-refractivity contribution in [1.29, 1.82) is 0 Å². The molecule has 2 heteroatoms. The highest BCUT2D eigenvalue weighted by molar-refractivity contribution is 5.95. The van der Waals surface area contributed by atoms with Crippen LogP contribution in [0.15, 0.2) is 340 Å². The summed E-state index contributed by atoms with van der Waals surface area (Å²) in [7, 11) is 0. The van der Waals surface area contributed by atoms with Gasteiger partial charge in [-0.1, -0.05) is 267 Å². The summed E-state index contributed by atoms with van der Waals surface area (Å²) in [4.78, 5) is 4.82. The second-order valence-corrected chi connectivity index (χ2v) is 22.8. The van der Waals surface area contributed by atoms with Crippen LogP contribution >= 0.6 is 0 Å². The second kappa shape index (κ2) is 21.0. The maximum absolute atomic E-state index is 2.47. The van der Waals surface area contributed by atoms with Crippen LogP contribution in [0.3, 0.4) is 0 Å². The third-order valence-electron chi connectivity index (χ3n) is 18.1. The summed E-state index contributed by atoms with van der Waals surface area (Å²) in [6.07, 6.45) is 4.64. The molecule has 0 atom stereocenters. The van der Waals surface area contributed by atoms with Crippen molar-refractivity contribution >= 4 is 67.8 Å². The van der Waals surface area contributed by atoms with Crippen LogP contribution in [0.5, 0.6) is 0 Å². The lowest BCUT2D eigenvalue weighted by atomic mass is 9.67. The van der Waals surface area contributed by atoms with Crippen molar-refractivity contribution in [3.63, 3.8) is 0 Å². The van der Waals surface area contributed by atoms with Gasteiger partial charge in [0.1, 0.15) is 0 Å². The van der Waals surface area contributed by atoms with E-state index in [9.17, 15) is 0 Å². The van der Waals surface area contributed by atoms with E-state index < -0.39 is 10.8 Å². The summed E-state index contributed by atoms with van der Waals surface area (Å²) in [5.41, 5.74) is 22.6. The fourth-order valence-electron chi connectivity index (χ4n) is 14.3.